The van der Waals surface area contributed by atoms with Crippen molar-refractivity contribution in [1.82, 2.24) is 0 Å². The van der Waals surface area contributed by atoms with Gasteiger partial charge in [0.05, 0.1) is 11.5 Å². The Morgan fingerprint density at radius 3 is 2.48 bits per heavy atom. The van der Waals surface area contributed by atoms with Crippen LogP contribution in [0.15, 0.2) is 24.3 Å². The summed E-state index contributed by atoms with van der Waals surface area (Å²) in [5, 5.41) is 10.4. The zero-order valence-corrected chi connectivity index (χ0v) is 13.1. The van der Waals surface area contributed by atoms with E-state index in [1.807, 2.05) is 6.08 Å². The fourth-order valence-electron chi connectivity index (χ4n) is 4.07. The molecule has 124 valence electrons. The molecule has 0 bridgehead atoms. The Morgan fingerprint density at radius 2 is 1.91 bits per heavy atom. The number of carbonyl (C=O) groups is 3. The van der Waals surface area contributed by atoms with E-state index in [2.05, 4.69) is 6.58 Å². The lowest BCUT2D eigenvalue weighted by Crippen LogP contribution is -2.46. The molecular weight excluding hydrogens is 296 g/mol. The van der Waals surface area contributed by atoms with Gasteiger partial charge in [0.25, 0.3) is 0 Å². The van der Waals surface area contributed by atoms with Crippen LogP contribution < -0.4 is 0 Å². The highest BCUT2D eigenvalue weighted by Gasteiger charge is 2.48. The number of aliphatic hydroxyl groups excluding tert-OH is 1. The molecule has 2 fully saturated rings. The van der Waals surface area contributed by atoms with Gasteiger partial charge >= 0.3 is 5.97 Å². The van der Waals surface area contributed by atoms with Crippen molar-refractivity contribution in [3.05, 3.63) is 24.3 Å². The third-order valence-electron chi connectivity index (χ3n) is 5.62. The monoisotopic (exact) mass is 318 g/mol. The minimum absolute atomic E-state index is 0.0589. The number of hydrogen-bond donors (Lipinski definition) is 1. The molecule has 2 aliphatic carbocycles. The third-order valence-corrected chi connectivity index (χ3v) is 5.62. The molecule has 1 N–H and O–H groups in total. The van der Waals surface area contributed by atoms with E-state index in [9.17, 15) is 19.5 Å². The van der Waals surface area contributed by atoms with Crippen LogP contribution in [0.25, 0.3) is 0 Å². The first-order valence-electron chi connectivity index (χ1n) is 8.22. The number of Topliss-reactive ketones (excluding diaryl/α,β-unsaturated/α-hetero) is 2. The van der Waals surface area contributed by atoms with Crippen molar-refractivity contribution in [2.24, 2.45) is 17.3 Å². The van der Waals surface area contributed by atoms with E-state index in [0.29, 0.717) is 38.5 Å². The van der Waals surface area contributed by atoms with Gasteiger partial charge in [-0.1, -0.05) is 17.7 Å². The molecule has 0 aromatic heterocycles. The van der Waals surface area contributed by atoms with Gasteiger partial charge in [-0.05, 0) is 25.7 Å². The Balaban J connectivity index is 1.79. The van der Waals surface area contributed by atoms with E-state index in [4.69, 9.17) is 4.74 Å². The molecule has 0 aromatic carbocycles. The maximum atomic E-state index is 12.3. The van der Waals surface area contributed by atoms with Gasteiger partial charge < -0.3 is 9.84 Å². The molecule has 3 rings (SSSR count). The van der Waals surface area contributed by atoms with E-state index in [1.165, 1.54) is 6.08 Å². The van der Waals surface area contributed by atoms with Crippen LogP contribution >= 0.6 is 0 Å². The van der Waals surface area contributed by atoms with E-state index in [1.54, 1.807) is 0 Å². The summed E-state index contributed by atoms with van der Waals surface area (Å²) in [5.74, 6) is -1.33. The van der Waals surface area contributed by atoms with Crippen LogP contribution in [0, 0.1) is 17.3 Å². The Hall–Kier alpha value is -1.75. The van der Waals surface area contributed by atoms with Crippen LogP contribution in [0.2, 0.25) is 0 Å². The van der Waals surface area contributed by atoms with Gasteiger partial charge in [0.1, 0.15) is 24.1 Å². The summed E-state index contributed by atoms with van der Waals surface area (Å²) in [6.45, 7) is 3.73. The minimum Gasteiger partial charge on any atom is -0.464 e. The van der Waals surface area contributed by atoms with Crippen molar-refractivity contribution < 1.29 is 24.2 Å². The topological polar surface area (TPSA) is 80.7 Å². The smallest absolute Gasteiger partial charge is 0.315 e. The highest BCUT2D eigenvalue weighted by Crippen LogP contribution is 2.44. The van der Waals surface area contributed by atoms with Crippen molar-refractivity contribution in [3.8, 4) is 0 Å². The third kappa shape index (κ3) is 2.57. The summed E-state index contributed by atoms with van der Waals surface area (Å²) in [6.07, 6.45) is 5.61. The number of aliphatic hydroxyl groups is 1. The summed E-state index contributed by atoms with van der Waals surface area (Å²) < 4.78 is 5.15. The fourth-order valence-corrected chi connectivity index (χ4v) is 4.07. The van der Waals surface area contributed by atoms with Crippen LogP contribution in [0.4, 0.5) is 0 Å². The van der Waals surface area contributed by atoms with Gasteiger partial charge in [0.2, 0.25) is 0 Å². The summed E-state index contributed by atoms with van der Waals surface area (Å²) in [7, 11) is 0. The van der Waals surface area contributed by atoms with Crippen LogP contribution in [0.5, 0.6) is 0 Å². The summed E-state index contributed by atoms with van der Waals surface area (Å²) in [6, 6.07) is 0. The molecule has 0 amide bonds. The molecule has 0 radical (unpaired) electrons. The van der Waals surface area contributed by atoms with Crippen LogP contribution in [0.1, 0.15) is 38.5 Å². The second kappa shape index (κ2) is 6.04. The molecule has 1 heterocycles. The van der Waals surface area contributed by atoms with Crippen molar-refractivity contribution in [2.45, 2.75) is 44.6 Å². The number of ketones is 2. The lowest BCUT2D eigenvalue weighted by Gasteiger charge is -2.40. The summed E-state index contributed by atoms with van der Waals surface area (Å²) in [4.78, 5) is 36.2. The van der Waals surface area contributed by atoms with Gasteiger partial charge in [0.15, 0.2) is 0 Å². The minimum atomic E-state index is -0.855. The number of ether oxygens (including phenoxy) is 1. The number of hydrogen-bond acceptors (Lipinski definition) is 5. The number of esters is 1. The first-order chi connectivity index (χ1) is 11.0. The molecule has 3 unspecified atom stereocenters. The van der Waals surface area contributed by atoms with Gasteiger partial charge in [-0.25, -0.2) is 0 Å². The first-order valence-corrected chi connectivity index (χ1v) is 8.22. The molecule has 3 atom stereocenters. The molecular formula is C18H22O5. The average molecular weight is 318 g/mol. The van der Waals surface area contributed by atoms with Crippen molar-refractivity contribution in [2.75, 3.05) is 6.61 Å². The Bertz CT molecular complexity index is 572. The molecule has 1 saturated heterocycles. The van der Waals surface area contributed by atoms with Crippen LogP contribution in [0.3, 0.4) is 0 Å². The number of cyclic esters (lactones) is 1. The second-order valence-corrected chi connectivity index (χ2v) is 6.75. The standard InChI is InChI=1S/C18H22O5/c1-2-12-16(21)13(10-23-17(12)22)11-6-8-18(9-7-11)14(19)4-3-5-15(18)20/h2,6,12-13,16,21H,1,3-5,7-10H2. The fraction of sp³-hybridized carbons (Fsp3) is 0.611. The summed E-state index contributed by atoms with van der Waals surface area (Å²) in [5.41, 5.74) is 0.143. The largest absolute Gasteiger partial charge is 0.464 e. The van der Waals surface area contributed by atoms with Gasteiger partial charge in [-0.15, -0.1) is 6.58 Å². The van der Waals surface area contributed by atoms with Crippen molar-refractivity contribution in [3.63, 3.8) is 0 Å². The van der Waals surface area contributed by atoms with Crippen LogP contribution in [-0.4, -0.2) is 35.4 Å². The predicted molar refractivity (Wildman–Crippen MR) is 82.4 cm³/mol. The van der Waals surface area contributed by atoms with E-state index < -0.39 is 23.4 Å². The van der Waals surface area contributed by atoms with Crippen molar-refractivity contribution in [1.29, 1.82) is 0 Å². The summed E-state index contributed by atoms with van der Waals surface area (Å²) >= 11 is 0. The molecule has 5 nitrogen and oxygen atoms in total. The lowest BCUT2D eigenvalue weighted by atomic mass is 9.63. The van der Waals surface area contributed by atoms with E-state index in [-0.39, 0.29) is 24.1 Å². The SMILES string of the molecule is C=CC1C(=O)OCC(C2=CCC3(CC2)C(=O)CCCC3=O)C1O. The molecule has 5 heteroatoms. The first kappa shape index (κ1) is 16.1. The van der Waals surface area contributed by atoms with Gasteiger partial charge in [0, 0.05) is 18.8 Å². The second-order valence-electron chi connectivity index (χ2n) is 6.75. The zero-order valence-electron chi connectivity index (χ0n) is 13.1. The zero-order chi connectivity index (χ0) is 16.6. The number of allylic oxidation sites excluding steroid dienone is 1. The van der Waals surface area contributed by atoms with E-state index >= 15 is 0 Å². The Morgan fingerprint density at radius 1 is 1.22 bits per heavy atom. The Kier molecular flexibility index (Phi) is 4.23. The van der Waals surface area contributed by atoms with Crippen molar-refractivity contribution >= 4 is 17.5 Å². The molecule has 3 aliphatic rings. The molecule has 23 heavy (non-hydrogen) atoms. The normalized spacial score (nSPS) is 34.0. The molecule has 1 spiro atoms. The molecule has 1 saturated carbocycles. The quantitative estimate of drug-likeness (QED) is 0.476. The van der Waals surface area contributed by atoms with Gasteiger partial charge in [-0.3, -0.25) is 14.4 Å². The molecule has 1 aliphatic heterocycles. The highest BCUT2D eigenvalue weighted by atomic mass is 16.5. The number of carbonyl (C=O) groups excluding carboxylic acids is 3. The maximum absolute atomic E-state index is 12.3. The molecule has 0 aromatic rings. The van der Waals surface area contributed by atoms with E-state index in [0.717, 1.165) is 5.57 Å². The lowest BCUT2D eigenvalue weighted by molar-refractivity contribution is -0.161. The maximum Gasteiger partial charge on any atom is 0.315 e. The average Bonchev–Trinajstić information content (AvgIpc) is 2.54. The van der Waals surface area contributed by atoms with Gasteiger partial charge in [-0.2, -0.15) is 0 Å². The predicted octanol–water partition coefficient (Wildman–Crippen LogP) is 1.74. The van der Waals surface area contributed by atoms with Crippen LogP contribution in [-0.2, 0) is 19.1 Å². The Labute approximate surface area is 135 Å². The number of rotatable bonds is 2. The highest BCUT2D eigenvalue weighted by molar-refractivity contribution is 6.09.